The van der Waals surface area contributed by atoms with Crippen molar-refractivity contribution >= 4 is 17.6 Å². The SMILES string of the molecule is O=[C]c1sccc1-c1ccccc1. The molecule has 0 aliphatic rings. The molecule has 0 aliphatic heterocycles. The molecule has 0 fully saturated rings. The predicted octanol–water partition coefficient (Wildman–Crippen LogP) is 2.87. The van der Waals surface area contributed by atoms with Gasteiger partial charge in [-0.3, -0.25) is 4.79 Å². The van der Waals surface area contributed by atoms with Crippen LogP contribution in [-0.4, -0.2) is 6.29 Å². The minimum atomic E-state index is 0.672. The Morgan fingerprint density at radius 2 is 1.85 bits per heavy atom. The van der Waals surface area contributed by atoms with Crippen LogP contribution in [-0.2, 0) is 4.79 Å². The number of hydrogen-bond acceptors (Lipinski definition) is 2. The third kappa shape index (κ3) is 1.53. The van der Waals surface area contributed by atoms with Crippen LogP contribution in [0.25, 0.3) is 11.1 Å². The van der Waals surface area contributed by atoms with E-state index in [1.165, 1.54) is 11.3 Å². The molecule has 0 spiro atoms. The minimum Gasteiger partial charge on any atom is -0.284 e. The molecule has 0 N–H and O–H groups in total. The van der Waals surface area contributed by atoms with E-state index in [9.17, 15) is 4.79 Å². The average Bonchev–Trinajstić information content (AvgIpc) is 2.67. The van der Waals surface area contributed by atoms with E-state index in [4.69, 9.17) is 0 Å². The fourth-order valence-electron chi connectivity index (χ4n) is 1.23. The molecule has 1 heterocycles. The Morgan fingerprint density at radius 1 is 1.08 bits per heavy atom. The molecule has 1 radical (unpaired) electrons. The number of thiophene rings is 1. The van der Waals surface area contributed by atoms with Gasteiger partial charge in [0.15, 0.2) is 0 Å². The molecule has 13 heavy (non-hydrogen) atoms. The van der Waals surface area contributed by atoms with Crippen LogP contribution < -0.4 is 0 Å². The van der Waals surface area contributed by atoms with Crippen molar-refractivity contribution in [2.75, 3.05) is 0 Å². The zero-order valence-corrected chi connectivity index (χ0v) is 7.67. The fraction of sp³-hybridized carbons (Fsp3) is 0. The standard InChI is InChI=1S/C11H7OS/c12-8-11-10(6-7-13-11)9-4-2-1-3-5-9/h1-7H. The van der Waals surface area contributed by atoms with E-state index in [0.29, 0.717) is 4.88 Å². The highest BCUT2D eigenvalue weighted by Gasteiger charge is 2.04. The van der Waals surface area contributed by atoms with Gasteiger partial charge in [0.25, 0.3) is 0 Å². The van der Waals surface area contributed by atoms with Crippen LogP contribution in [0.2, 0.25) is 0 Å². The van der Waals surface area contributed by atoms with E-state index < -0.39 is 0 Å². The Bertz CT molecular complexity index is 403. The first kappa shape index (κ1) is 8.20. The van der Waals surface area contributed by atoms with E-state index in [1.54, 1.807) is 0 Å². The molecule has 63 valence electrons. The summed E-state index contributed by atoms with van der Waals surface area (Å²) < 4.78 is 0. The lowest BCUT2D eigenvalue weighted by molar-refractivity contribution is 0.563. The molecule has 0 amide bonds. The second-order valence-electron chi connectivity index (χ2n) is 2.63. The van der Waals surface area contributed by atoms with E-state index in [0.717, 1.165) is 11.1 Å². The van der Waals surface area contributed by atoms with Gasteiger partial charge in [0.2, 0.25) is 6.29 Å². The van der Waals surface area contributed by atoms with Gasteiger partial charge in [-0.1, -0.05) is 30.3 Å². The zero-order chi connectivity index (χ0) is 9.10. The van der Waals surface area contributed by atoms with Gasteiger partial charge in [-0.15, -0.1) is 11.3 Å². The second kappa shape index (κ2) is 3.54. The lowest BCUT2D eigenvalue weighted by Gasteiger charge is -1.96. The summed E-state index contributed by atoms with van der Waals surface area (Å²) in [5, 5.41) is 1.91. The normalized spacial score (nSPS) is 9.85. The fourth-order valence-corrected chi connectivity index (χ4v) is 1.93. The Labute approximate surface area is 80.7 Å². The van der Waals surface area contributed by atoms with Crippen molar-refractivity contribution in [1.29, 1.82) is 0 Å². The number of rotatable bonds is 2. The maximum Gasteiger partial charge on any atom is 0.244 e. The molecule has 1 aromatic carbocycles. The monoisotopic (exact) mass is 187 g/mol. The van der Waals surface area contributed by atoms with Gasteiger partial charge in [-0.2, -0.15) is 0 Å². The van der Waals surface area contributed by atoms with Gasteiger partial charge in [-0.05, 0) is 17.0 Å². The second-order valence-corrected chi connectivity index (χ2v) is 3.55. The third-order valence-corrected chi connectivity index (χ3v) is 2.65. The molecule has 0 saturated heterocycles. The molecule has 1 aromatic heterocycles. The highest BCUT2D eigenvalue weighted by Crippen LogP contribution is 2.26. The molecule has 0 saturated carbocycles. The molecule has 0 atom stereocenters. The average molecular weight is 187 g/mol. The maximum atomic E-state index is 10.5. The predicted molar refractivity (Wildman–Crippen MR) is 54.6 cm³/mol. The molecule has 0 aliphatic carbocycles. The van der Waals surface area contributed by atoms with Gasteiger partial charge in [0.1, 0.15) is 0 Å². The van der Waals surface area contributed by atoms with Crippen molar-refractivity contribution in [3.05, 3.63) is 46.7 Å². The molecular formula is C11H7OS. The van der Waals surface area contributed by atoms with Crippen molar-refractivity contribution in [2.45, 2.75) is 0 Å². The number of hydrogen-bond donors (Lipinski definition) is 0. The highest BCUT2D eigenvalue weighted by atomic mass is 32.1. The Balaban J connectivity index is 2.52. The van der Waals surface area contributed by atoms with Gasteiger partial charge in [0.05, 0.1) is 4.88 Å². The lowest BCUT2D eigenvalue weighted by atomic mass is 10.1. The van der Waals surface area contributed by atoms with Crippen molar-refractivity contribution in [3.8, 4) is 11.1 Å². The van der Waals surface area contributed by atoms with Crippen molar-refractivity contribution in [3.63, 3.8) is 0 Å². The van der Waals surface area contributed by atoms with Crippen LogP contribution in [0.3, 0.4) is 0 Å². The Morgan fingerprint density at radius 3 is 2.54 bits per heavy atom. The van der Waals surface area contributed by atoms with E-state index >= 15 is 0 Å². The molecule has 2 heteroatoms. The summed E-state index contributed by atoms with van der Waals surface area (Å²) in [6.07, 6.45) is 1.94. The third-order valence-electron chi connectivity index (χ3n) is 1.84. The molecule has 0 bridgehead atoms. The molecular weight excluding hydrogens is 180 g/mol. The summed E-state index contributed by atoms with van der Waals surface area (Å²) >= 11 is 1.42. The Hall–Kier alpha value is -1.41. The first-order valence-corrected chi connectivity index (χ1v) is 4.81. The van der Waals surface area contributed by atoms with Gasteiger partial charge in [0, 0.05) is 5.56 Å². The van der Waals surface area contributed by atoms with Crippen LogP contribution in [0.4, 0.5) is 0 Å². The van der Waals surface area contributed by atoms with Crippen molar-refractivity contribution < 1.29 is 4.79 Å². The first-order chi connectivity index (χ1) is 6.42. The quantitative estimate of drug-likeness (QED) is 0.706. The summed E-state index contributed by atoms with van der Waals surface area (Å²) in [5.74, 6) is 0. The highest BCUT2D eigenvalue weighted by molar-refractivity contribution is 7.12. The molecule has 1 nitrogen and oxygen atoms in total. The zero-order valence-electron chi connectivity index (χ0n) is 6.86. The number of benzene rings is 1. The van der Waals surface area contributed by atoms with Crippen molar-refractivity contribution in [2.24, 2.45) is 0 Å². The smallest absolute Gasteiger partial charge is 0.244 e. The van der Waals surface area contributed by atoms with Gasteiger partial charge in [-0.25, -0.2) is 0 Å². The van der Waals surface area contributed by atoms with E-state index in [-0.39, 0.29) is 0 Å². The number of carbonyl (C=O) groups excluding carboxylic acids is 1. The Kier molecular flexibility index (Phi) is 2.23. The molecule has 2 aromatic rings. The lowest BCUT2D eigenvalue weighted by Crippen LogP contribution is -1.79. The summed E-state index contributed by atoms with van der Waals surface area (Å²) in [6.45, 7) is 0. The topological polar surface area (TPSA) is 17.1 Å². The van der Waals surface area contributed by atoms with E-state index in [1.807, 2.05) is 48.1 Å². The summed E-state index contributed by atoms with van der Waals surface area (Å²) in [4.78, 5) is 11.2. The van der Waals surface area contributed by atoms with Crippen LogP contribution in [0.1, 0.15) is 4.88 Å². The van der Waals surface area contributed by atoms with Crippen LogP contribution in [0.15, 0.2) is 41.8 Å². The largest absolute Gasteiger partial charge is 0.284 e. The van der Waals surface area contributed by atoms with Crippen LogP contribution in [0, 0.1) is 0 Å². The summed E-state index contributed by atoms with van der Waals surface area (Å²) in [6, 6.07) is 11.8. The summed E-state index contributed by atoms with van der Waals surface area (Å²) in [7, 11) is 0. The molecule has 0 unspecified atom stereocenters. The van der Waals surface area contributed by atoms with Gasteiger partial charge >= 0.3 is 0 Å². The minimum absolute atomic E-state index is 0.672. The van der Waals surface area contributed by atoms with Crippen LogP contribution >= 0.6 is 11.3 Å². The van der Waals surface area contributed by atoms with E-state index in [2.05, 4.69) is 0 Å². The van der Waals surface area contributed by atoms with Crippen molar-refractivity contribution in [1.82, 2.24) is 0 Å². The van der Waals surface area contributed by atoms with Gasteiger partial charge < -0.3 is 0 Å². The maximum absolute atomic E-state index is 10.5. The molecule has 2 rings (SSSR count). The van der Waals surface area contributed by atoms with Crippen LogP contribution in [0.5, 0.6) is 0 Å². The first-order valence-electron chi connectivity index (χ1n) is 3.93. The summed E-state index contributed by atoms with van der Waals surface area (Å²) in [5.41, 5.74) is 2.04.